The average Bonchev–Trinajstić information content (AvgIpc) is 3.41. The minimum absolute atomic E-state index is 0.0794. The molecular weight excluding hydrogens is 424 g/mol. The second kappa shape index (κ2) is 9.65. The number of nitrogens with zero attached hydrogens (tertiary/aromatic N) is 2. The highest BCUT2D eigenvalue weighted by molar-refractivity contribution is 7.18. The minimum Gasteiger partial charge on any atom is -0.352 e. The van der Waals surface area contributed by atoms with Gasteiger partial charge < -0.3 is 10.6 Å². The van der Waals surface area contributed by atoms with Crippen LogP contribution in [0.4, 0.5) is 5.69 Å². The van der Waals surface area contributed by atoms with Crippen molar-refractivity contribution in [3.8, 4) is 0 Å². The summed E-state index contributed by atoms with van der Waals surface area (Å²) in [7, 11) is 0. The molecule has 7 nitrogen and oxygen atoms in total. The second-order valence-corrected chi connectivity index (χ2v) is 9.61. The van der Waals surface area contributed by atoms with Gasteiger partial charge in [0.1, 0.15) is 4.83 Å². The van der Waals surface area contributed by atoms with E-state index in [1.54, 1.807) is 0 Å². The standard InChI is InChI=1S/C24H28N4O3S/c1-15-16(2)32-23-21(15)24(31)28(14-26-23)11-10-20(29)25-13-17-6-5-9-19(12-17)27-22(30)18-7-3-4-8-18/h5-6,9,12,14,18H,3-4,7-8,10-11,13H2,1-2H3,(H,25,29)(H,27,30). The molecule has 0 saturated heterocycles. The summed E-state index contributed by atoms with van der Waals surface area (Å²) in [5.74, 6) is 0.0450. The lowest BCUT2D eigenvalue weighted by atomic mass is 10.1. The van der Waals surface area contributed by atoms with Crippen molar-refractivity contribution in [3.05, 3.63) is 57.0 Å². The highest BCUT2D eigenvalue weighted by Gasteiger charge is 2.22. The third kappa shape index (κ3) is 4.91. The molecule has 0 aliphatic heterocycles. The molecule has 2 amide bonds. The van der Waals surface area contributed by atoms with E-state index in [4.69, 9.17) is 0 Å². The monoisotopic (exact) mass is 452 g/mol. The highest BCUT2D eigenvalue weighted by Crippen LogP contribution is 2.26. The fourth-order valence-corrected chi connectivity index (χ4v) is 5.12. The number of fused-ring (bicyclic) bond motifs is 1. The molecule has 1 saturated carbocycles. The van der Waals surface area contributed by atoms with Gasteiger partial charge in [-0.1, -0.05) is 25.0 Å². The van der Waals surface area contributed by atoms with Crippen LogP contribution >= 0.6 is 11.3 Å². The van der Waals surface area contributed by atoms with Gasteiger partial charge in [0.15, 0.2) is 0 Å². The second-order valence-electron chi connectivity index (χ2n) is 8.40. The molecule has 1 aliphatic carbocycles. The Morgan fingerprint density at radius 1 is 1.22 bits per heavy atom. The number of aryl methyl sites for hydroxylation is 3. The lowest BCUT2D eigenvalue weighted by molar-refractivity contribution is -0.121. The van der Waals surface area contributed by atoms with Gasteiger partial charge in [-0.05, 0) is 49.9 Å². The van der Waals surface area contributed by atoms with Gasteiger partial charge in [-0.3, -0.25) is 19.0 Å². The Kier molecular flexibility index (Phi) is 6.69. The number of aromatic nitrogens is 2. The van der Waals surface area contributed by atoms with Gasteiger partial charge in [-0.25, -0.2) is 4.98 Å². The van der Waals surface area contributed by atoms with E-state index in [9.17, 15) is 14.4 Å². The first-order valence-corrected chi connectivity index (χ1v) is 11.9. The topological polar surface area (TPSA) is 93.1 Å². The smallest absolute Gasteiger partial charge is 0.262 e. The van der Waals surface area contributed by atoms with Crippen molar-refractivity contribution in [1.29, 1.82) is 0 Å². The number of nitrogens with one attached hydrogen (secondary N) is 2. The van der Waals surface area contributed by atoms with E-state index in [1.165, 1.54) is 22.2 Å². The lowest BCUT2D eigenvalue weighted by Crippen LogP contribution is -2.27. The Hall–Kier alpha value is -3.00. The van der Waals surface area contributed by atoms with Gasteiger partial charge in [-0.2, -0.15) is 0 Å². The summed E-state index contributed by atoms with van der Waals surface area (Å²) in [5.41, 5.74) is 2.52. The predicted octanol–water partition coefficient (Wildman–Crippen LogP) is 3.91. The summed E-state index contributed by atoms with van der Waals surface area (Å²) in [6.45, 7) is 4.55. The molecule has 0 bridgehead atoms. The van der Waals surface area contributed by atoms with Crippen LogP contribution in [0.5, 0.6) is 0 Å². The molecule has 2 aromatic heterocycles. The normalized spacial score (nSPS) is 14.1. The maximum Gasteiger partial charge on any atom is 0.262 e. The van der Waals surface area contributed by atoms with Crippen LogP contribution in [0.15, 0.2) is 35.4 Å². The Morgan fingerprint density at radius 3 is 2.78 bits per heavy atom. The van der Waals surface area contributed by atoms with Crippen molar-refractivity contribution >= 4 is 39.1 Å². The van der Waals surface area contributed by atoms with Gasteiger partial charge in [0.05, 0.1) is 11.7 Å². The van der Waals surface area contributed by atoms with Crippen LogP contribution in [0.3, 0.4) is 0 Å². The molecule has 8 heteroatoms. The number of rotatable bonds is 7. The van der Waals surface area contributed by atoms with Gasteiger partial charge in [0.2, 0.25) is 11.8 Å². The molecule has 1 fully saturated rings. The fraction of sp³-hybridized carbons (Fsp3) is 0.417. The van der Waals surface area contributed by atoms with Crippen LogP contribution in [0.1, 0.15) is 48.1 Å². The summed E-state index contributed by atoms with van der Waals surface area (Å²) in [4.78, 5) is 43.6. The summed E-state index contributed by atoms with van der Waals surface area (Å²) < 4.78 is 1.50. The van der Waals surface area contributed by atoms with E-state index in [1.807, 2.05) is 38.1 Å². The van der Waals surface area contributed by atoms with Crippen molar-refractivity contribution in [2.24, 2.45) is 5.92 Å². The van der Waals surface area contributed by atoms with E-state index < -0.39 is 0 Å². The van der Waals surface area contributed by atoms with Crippen molar-refractivity contribution in [1.82, 2.24) is 14.9 Å². The van der Waals surface area contributed by atoms with E-state index in [0.29, 0.717) is 11.9 Å². The van der Waals surface area contributed by atoms with Crippen LogP contribution in [0, 0.1) is 19.8 Å². The molecule has 2 heterocycles. The molecule has 1 aliphatic rings. The number of hydrogen-bond acceptors (Lipinski definition) is 5. The first-order valence-electron chi connectivity index (χ1n) is 11.0. The zero-order valence-corrected chi connectivity index (χ0v) is 19.3. The van der Waals surface area contributed by atoms with Crippen molar-refractivity contribution in [2.45, 2.75) is 59.0 Å². The number of hydrogen-bond donors (Lipinski definition) is 2. The fourth-order valence-electron chi connectivity index (χ4n) is 4.13. The SMILES string of the molecule is Cc1sc2ncn(CCC(=O)NCc3cccc(NC(=O)C4CCCC4)c3)c(=O)c2c1C. The van der Waals surface area contributed by atoms with E-state index in [0.717, 1.165) is 52.2 Å². The zero-order chi connectivity index (χ0) is 22.7. The first-order chi connectivity index (χ1) is 15.4. The number of thiophene rings is 1. The Labute approximate surface area is 190 Å². The minimum atomic E-state index is -0.143. The molecule has 168 valence electrons. The summed E-state index contributed by atoms with van der Waals surface area (Å²) in [6.07, 6.45) is 5.86. The van der Waals surface area contributed by atoms with Crippen LogP contribution < -0.4 is 16.2 Å². The number of carbonyl (C=O) groups is 2. The van der Waals surface area contributed by atoms with Gasteiger partial charge >= 0.3 is 0 Å². The Morgan fingerprint density at radius 2 is 2.00 bits per heavy atom. The number of carbonyl (C=O) groups excluding carboxylic acids is 2. The molecule has 1 aromatic carbocycles. The van der Waals surface area contributed by atoms with Crippen molar-refractivity contribution in [3.63, 3.8) is 0 Å². The molecular formula is C24H28N4O3S. The van der Waals surface area contributed by atoms with E-state index in [2.05, 4.69) is 15.6 Å². The molecule has 0 spiro atoms. The maximum atomic E-state index is 12.7. The number of amides is 2. The molecule has 3 aromatic rings. The van der Waals surface area contributed by atoms with Gasteiger partial charge in [-0.15, -0.1) is 11.3 Å². The summed E-state index contributed by atoms with van der Waals surface area (Å²) >= 11 is 1.51. The van der Waals surface area contributed by atoms with E-state index >= 15 is 0 Å². The number of benzene rings is 1. The third-order valence-corrected chi connectivity index (χ3v) is 7.26. The molecule has 0 atom stereocenters. The molecule has 0 unspecified atom stereocenters. The summed E-state index contributed by atoms with van der Waals surface area (Å²) in [6, 6.07) is 7.53. The lowest BCUT2D eigenvalue weighted by Gasteiger charge is -2.12. The van der Waals surface area contributed by atoms with E-state index in [-0.39, 0.29) is 36.3 Å². The molecule has 0 radical (unpaired) electrons. The third-order valence-electron chi connectivity index (χ3n) is 6.15. The summed E-state index contributed by atoms with van der Waals surface area (Å²) in [5, 5.41) is 6.53. The van der Waals surface area contributed by atoms with Gasteiger partial charge in [0, 0.05) is 36.0 Å². The van der Waals surface area contributed by atoms with Crippen molar-refractivity contribution in [2.75, 3.05) is 5.32 Å². The average molecular weight is 453 g/mol. The van der Waals surface area contributed by atoms with Gasteiger partial charge in [0.25, 0.3) is 5.56 Å². The van der Waals surface area contributed by atoms with Crippen LogP contribution in [-0.4, -0.2) is 21.4 Å². The largest absolute Gasteiger partial charge is 0.352 e. The predicted molar refractivity (Wildman–Crippen MR) is 127 cm³/mol. The quantitative estimate of drug-likeness (QED) is 0.568. The molecule has 2 N–H and O–H groups in total. The van der Waals surface area contributed by atoms with Crippen LogP contribution in [0.25, 0.3) is 10.2 Å². The molecule has 4 rings (SSSR count). The highest BCUT2D eigenvalue weighted by atomic mass is 32.1. The first kappa shape index (κ1) is 22.2. The van der Waals surface area contributed by atoms with Crippen LogP contribution in [-0.2, 0) is 22.7 Å². The Balaban J connectivity index is 1.31. The number of anilines is 1. The molecule has 32 heavy (non-hydrogen) atoms. The van der Waals surface area contributed by atoms with Crippen molar-refractivity contribution < 1.29 is 9.59 Å². The maximum absolute atomic E-state index is 12.7. The Bertz CT molecular complexity index is 1210. The zero-order valence-electron chi connectivity index (χ0n) is 18.4. The van der Waals surface area contributed by atoms with Crippen LogP contribution in [0.2, 0.25) is 0 Å².